The molecule has 3 heterocycles. The van der Waals surface area contributed by atoms with E-state index in [1.54, 1.807) is 27.7 Å². The minimum absolute atomic E-state index is 0.000793. The summed E-state index contributed by atoms with van der Waals surface area (Å²) in [5.41, 5.74) is -7.28. The lowest BCUT2D eigenvalue weighted by molar-refractivity contribution is -0.354. The second kappa shape index (κ2) is 12.7. The van der Waals surface area contributed by atoms with Gasteiger partial charge in [-0.3, -0.25) is 14.4 Å². The van der Waals surface area contributed by atoms with E-state index in [2.05, 4.69) is 0 Å². The first-order chi connectivity index (χ1) is 22.5. The quantitative estimate of drug-likeness (QED) is 0.283. The molecule has 14 heteroatoms. The summed E-state index contributed by atoms with van der Waals surface area (Å²) in [6.45, 7) is 10.0. The normalized spacial score (nSPS) is 33.9. The molecule has 48 heavy (non-hydrogen) atoms. The first kappa shape index (κ1) is 35.1. The van der Waals surface area contributed by atoms with Gasteiger partial charge in [0.25, 0.3) is 0 Å². The van der Waals surface area contributed by atoms with E-state index in [4.69, 9.17) is 37.3 Å². The summed E-state index contributed by atoms with van der Waals surface area (Å²) < 4.78 is 47.2. The highest BCUT2D eigenvalue weighted by molar-refractivity contribution is 5.90. The van der Waals surface area contributed by atoms with Crippen molar-refractivity contribution in [3.63, 3.8) is 0 Å². The zero-order valence-electron chi connectivity index (χ0n) is 28.0. The van der Waals surface area contributed by atoms with Crippen molar-refractivity contribution in [1.29, 1.82) is 0 Å². The smallest absolute Gasteiger partial charge is 0.341 e. The number of hydrogen-bond acceptors (Lipinski definition) is 14. The highest BCUT2D eigenvalue weighted by atomic mass is 16.6. The van der Waals surface area contributed by atoms with Crippen LogP contribution in [0.1, 0.15) is 88.4 Å². The summed E-state index contributed by atoms with van der Waals surface area (Å²) in [5, 5.41) is 12.7. The number of carbonyl (C=O) groups excluding carboxylic acids is 5. The summed E-state index contributed by atoms with van der Waals surface area (Å²) in [5.74, 6) is -5.14. The number of carbonyl (C=O) groups is 5. The number of rotatable bonds is 10. The fourth-order valence-corrected chi connectivity index (χ4v) is 7.80. The predicted octanol–water partition coefficient (Wildman–Crippen LogP) is 3.78. The van der Waals surface area contributed by atoms with Gasteiger partial charge in [0.05, 0.1) is 40.8 Å². The molecule has 262 valence electrons. The lowest BCUT2D eigenvalue weighted by atomic mass is 9.46. The van der Waals surface area contributed by atoms with Gasteiger partial charge in [0.1, 0.15) is 42.9 Å². The highest BCUT2D eigenvalue weighted by Gasteiger charge is 2.86. The predicted molar refractivity (Wildman–Crippen MR) is 161 cm³/mol. The van der Waals surface area contributed by atoms with Crippen LogP contribution in [0.4, 0.5) is 0 Å². The molecule has 0 amide bonds. The Kier molecular flexibility index (Phi) is 9.30. The minimum atomic E-state index is -2.07. The van der Waals surface area contributed by atoms with Gasteiger partial charge in [-0.15, -0.1) is 0 Å². The summed E-state index contributed by atoms with van der Waals surface area (Å²) in [7, 11) is 0. The zero-order chi connectivity index (χ0) is 35.2. The zero-order valence-corrected chi connectivity index (χ0v) is 28.0. The molecule has 0 aromatic carbocycles. The van der Waals surface area contributed by atoms with Crippen LogP contribution in [0.25, 0.3) is 0 Å². The van der Waals surface area contributed by atoms with E-state index in [-0.39, 0.29) is 24.0 Å². The van der Waals surface area contributed by atoms with Crippen molar-refractivity contribution < 1.29 is 66.3 Å². The van der Waals surface area contributed by atoms with Crippen LogP contribution in [0.5, 0.6) is 0 Å². The third-order valence-electron chi connectivity index (χ3n) is 10.1. The van der Waals surface area contributed by atoms with Crippen molar-refractivity contribution >= 4 is 29.8 Å². The summed E-state index contributed by atoms with van der Waals surface area (Å²) in [6.07, 6.45) is -0.730. The molecular weight excluding hydrogens is 632 g/mol. The van der Waals surface area contributed by atoms with Crippen molar-refractivity contribution in [2.24, 2.45) is 17.3 Å². The van der Waals surface area contributed by atoms with Gasteiger partial charge in [-0.1, -0.05) is 13.8 Å². The fourth-order valence-electron chi connectivity index (χ4n) is 7.80. The summed E-state index contributed by atoms with van der Waals surface area (Å²) in [6, 6.07) is 2.75. The van der Waals surface area contributed by atoms with Crippen molar-refractivity contribution in [2.45, 2.75) is 109 Å². The van der Waals surface area contributed by atoms with Crippen LogP contribution in [0, 0.1) is 17.3 Å². The molecule has 9 atom stereocenters. The second-order valence-electron chi connectivity index (χ2n) is 13.6. The first-order valence-electron chi connectivity index (χ1n) is 15.9. The average molecular weight is 675 g/mol. The molecule has 1 spiro atoms. The van der Waals surface area contributed by atoms with Gasteiger partial charge in [0.2, 0.25) is 0 Å². The molecule has 5 rings (SSSR count). The Labute approximate surface area is 277 Å². The van der Waals surface area contributed by atoms with Crippen molar-refractivity contribution in [1.82, 2.24) is 0 Å². The Morgan fingerprint density at radius 1 is 0.896 bits per heavy atom. The first-order valence-corrected chi connectivity index (χ1v) is 15.9. The van der Waals surface area contributed by atoms with Gasteiger partial charge >= 0.3 is 29.8 Å². The number of furan rings is 2. The molecule has 3 aliphatic rings. The van der Waals surface area contributed by atoms with Crippen LogP contribution in [-0.2, 0) is 42.8 Å². The molecular formula is C34H42O14. The molecule has 2 aromatic rings. The molecule has 0 radical (unpaired) electrons. The average Bonchev–Trinajstić information content (AvgIpc) is 3.76. The van der Waals surface area contributed by atoms with Crippen LogP contribution in [0.2, 0.25) is 0 Å². The van der Waals surface area contributed by atoms with Gasteiger partial charge in [-0.25, -0.2) is 9.59 Å². The van der Waals surface area contributed by atoms with E-state index in [1.807, 2.05) is 0 Å². The molecule has 3 fully saturated rings. The van der Waals surface area contributed by atoms with E-state index in [9.17, 15) is 29.1 Å². The maximum absolute atomic E-state index is 13.8. The van der Waals surface area contributed by atoms with Gasteiger partial charge in [-0.2, -0.15) is 0 Å². The lowest BCUT2D eigenvalue weighted by Gasteiger charge is -2.65. The summed E-state index contributed by atoms with van der Waals surface area (Å²) in [4.78, 5) is 66.2. The number of hydrogen-bond donors (Lipinski definition) is 1. The fraction of sp³-hybridized carbons (Fsp3) is 0.618. The summed E-state index contributed by atoms with van der Waals surface area (Å²) >= 11 is 0. The molecule has 2 aromatic heterocycles. The maximum atomic E-state index is 13.8. The number of ether oxygens (including phenoxy) is 6. The third kappa shape index (κ3) is 5.68. The van der Waals surface area contributed by atoms with E-state index < -0.39 is 94.9 Å². The van der Waals surface area contributed by atoms with Crippen LogP contribution in [0.15, 0.2) is 46.0 Å². The minimum Gasteiger partial charge on any atom is -0.472 e. The Morgan fingerprint density at radius 2 is 1.50 bits per heavy atom. The van der Waals surface area contributed by atoms with Gasteiger partial charge < -0.3 is 42.4 Å². The largest absolute Gasteiger partial charge is 0.472 e. The monoisotopic (exact) mass is 674 g/mol. The molecule has 1 N–H and O–H groups in total. The Morgan fingerprint density at radius 3 is 2.02 bits per heavy atom. The van der Waals surface area contributed by atoms with Crippen molar-refractivity contribution in [3.05, 3.63) is 48.3 Å². The van der Waals surface area contributed by atoms with Crippen LogP contribution in [-0.4, -0.2) is 82.8 Å². The van der Waals surface area contributed by atoms with E-state index in [0.29, 0.717) is 6.42 Å². The molecule has 1 saturated heterocycles. The van der Waals surface area contributed by atoms with Gasteiger partial charge in [0, 0.05) is 26.2 Å². The molecule has 2 bridgehead atoms. The molecule has 2 aliphatic carbocycles. The second-order valence-corrected chi connectivity index (χ2v) is 13.6. The SMILES string of the molecule is CCC(C)C(=O)OC1CC(C)(O)C23OC(C)(C)C(CC(OC(=O)c4ccoc4)C2(COC(C)=O)C1OC(=O)c1ccoc1)C3OC(C)=O. The van der Waals surface area contributed by atoms with Crippen LogP contribution >= 0.6 is 0 Å². The molecule has 1 aliphatic heterocycles. The Hall–Kier alpha value is -4.17. The Bertz CT molecular complexity index is 1520. The molecule has 9 unspecified atom stereocenters. The van der Waals surface area contributed by atoms with E-state index in [0.717, 1.165) is 13.2 Å². The van der Waals surface area contributed by atoms with E-state index >= 15 is 0 Å². The van der Waals surface area contributed by atoms with Gasteiger partial charge in [-0.05, 0) is 45.7 Å². The van der Waals surface area contributed by atoms with E-state index in [1.165, 1.54) is 44.8 Å². The number of esters is 5. The topological polar surface area (TPSA) is 187 Å². The molecule has 2 saturated carbocycles. The van der Waals surface area contributed by atoms with Gasteiger partial charge in [0.15, 0.2) is 11.7 Å². The molecule has 14 nitrogen and oxygen atoms in total. The number of aliphatic hydroxyl groups is 1. The van der Waals surface area contributed by atoms with Crippen molar-refractivity contribution in [3.8, 4) is 0 Å². The van der Waals surface area contributed by atoms with Crippen molar-refractivity contribution in [2.75, 3.05) is 6.61 Å². The Balaban J connectivity index is 1.81. The maximum Gasteiger partial charge on any atom is 0.341 e. The standard InChI is InChI=1S/C34H42O14/c1-8-18(2)28(37)45-24-14-32(7,40)34-26(44-20(4)36)23(31(5,6)48-34)13-25(46-29(38)21-9-11-41-15-21)33(34,17-43-19(3)35)27(24)47-30(39)22-10-12-42-16-22/h9-12,15-16,18,23-27,40H,8,13-14,17H2,1-7H3. The van der Waals surface area contributed by atoms with Crippen LogP contribution in [0.3, 0.4) is 0 Å². The number of fused-ring (bicyclic) bond motifs is 1. The lowest BCUT2D eigenvalue weighted by Crippen LogP contribution is -2.83. The highest BCUT2D eigenvalue weighted by Crippen LogP contribution is 2.69. The third-order valence-corrected chi connectivity index (χ3v) is 10.1. The van der Waals surface area contributed by atoms with Crippen LogP contribution < -0.4 is 0 Å².